The van der Waals surface area contributed by atoms with Crippen LogP contribution in [0.25, 0.3) is 0 Å². The number of hydrogen-bond acceptors (Lipinski definition) is 4. The van der Waals surface area contributed by atoms with Crippen LogP contribution in [0.1, 0.15) is 15.9 Å². The van der Waals surface area contributed by atoms with Gasteiger partial charge in [0.15, 0.2) is 0 Å². The van der Waals surface area contributed by atoms with Crippen molar-refractivity contribution in [1.82, 2.24) is 0 Å². The maximum Gasteiger partial charge on any atom is 0.150 e. The van der Waals surface area contributed by atoms with Gasteiger partial charge in [0.2, 0.25) is 0 Å². The number of rotatable bonds is 3. The number of nitrogen functional groups attached to an aromatic ring is 1. The molecule has 0 bridgehead atoms. The minimum atomic E-state index is 0.645. The summed E-state index contributed by atoms with van der Waals surface area (Å²) >= 11 is 0. The summed E-state index contributed by atoms with van der Waals surface area (Å²) in [7, 11) is 1.80. The van der Waals surface area contributed by atoms with Crippen LogP contribution in [0.2, 0.25) is 0 Å². The molecule has 0 fully saturated rings. The summed E-state index contributed by atoms with van der Waals surface area (Å²) in [4.78, 5) is 10.6. The van der Waals surface area contributed by atoms with Crippen LogP contribution in [0, 0.1) is 6.92 Å². The molecular formula is C9H13N3O. The zero-order chi connectivity index (χ0) is 9.84. The Balaban J connectivity index is 3.31. The molecular weight excluding hydrogens is 166 g/mol. The maximum absolute atomic E-state index is 10.6. The topological polar surface area (TPSA) is 67.2 Å². The number of anilines is 2. The van der Waals surface area contributed by atoms with E-state index in [1.807, 2.05) is 13.0 Å². The molecule has 0 saturated heterocycles. The highest BCUT2D eigenvalue weighted by atomic mass is 16.1. The van der Waals surface area contributed by atoms with E-state index < -0.39 is 0 Å². The van der Waals surface area contributed by atoms with Gasteiger partial charge in [-0.3, -0.25) is 10.6 Å². The number of hydrogen-bond donors (Lipinski definition) is 3. The standard InChI is InChI=1S/C9H13N3O/c1-6-7(5-13)3-4-8(11-2)9(6)12-10/h3-5,11-12H,10H2,1-2H3. The van der Waals surface area contributed by atoms with Crippen LogP contribution in [-0.4, -0.2) is 13.3 Å². The lowest BCUT2D eigenvalue weighted by Crippen LogP contribution is -2.11. The molecule has 1 aromatic rings. The zero-order valence-corrected chi connectivity index (χ0v) is 7.72. The van der Waals surface area contributed by atoms with E-state index in [9.17, 15) is 4.79 Å². The summed E-state index contributed by atoms with van der Waals surface area (Å²) in [6.45, 7) is 1.85. The van der Waals surface area contributed by atoms with Gasteiger partial charge in [-0.1, -0.05) is 0 Å². The van der Waals surface area contributed by atoms with Crippen molar-refractivity contribution in [3.8, 4) is 0 Å². The van der Waals surface area contributed by atoms with Crippen molar-refractivity contribution >= 4 is 17.7 Å². The van der Waals surface area contributed by atoms with Crippen LogP contribution >= 0.6 is 0 Å². The van der Waals surface area contributed by atoms with Crippen molar-refractivity contribution in [2.45, 2.75) is 6.92 Å². The molecule has 0 aliphatic heterocycles. The molecule has 0 aromatic heterocycles. The molecule has 0 aliphatic carbocycles. The largest absolute Gasteiger partial charge is 0.386 e. The van der Waals surface area contributed by atoms with Crippen molar-refractivity contribution < 1.29 is 4.79 Å². The second-order valence-electron chi connectivity index (χ2n) is 2.71. The van der Waals surface area contributed by atoms with E-state index in [2.05, 4.69) is 10.7 Å². The molecule has 0 spiro atoms. The molecule has 0 amide bonds. The maximum atomic E-state index is 10.6. The van der Waals surface area contributed by atoms with E-state index in [-0.39, 0.29) is 0 Å². The van der Waals surface area contributed by atoms with Gasteiger partial charge in [-0.2, -0.15) is 0 Å². The van der Waals surface area contributed by atoms with Crippen molar-refractivity contribution in [3.63, 3.8) is 0 Å². The number of nitrogens with two attached hydrogens (primary N) is 1. The number of carbonyl (C=O) groups is 1. The Bertz CT molecular complexity index is 323. The zero-order valence-electron chi connectivity index (χ0n) is 7.72. The Morgan fingerprint density at radius 1 is 1.46 bits per heavy atom. The lowest BCUT2D eigenvalue weighted by Gasteiger charge is -2.12. The summed E-state index contributed by atoms with van der Waals surface area (Å²) in [6, 6.07) is 3.57. The summed E-state index contributed by atoms with van der Waals surface area (Å²) < 4.78 is 0. The smallest absolute Gasteiger partial charge is 0.150 e. The molecule has 0 heterocycles. The normalized spacial score (nSPS) is 9.46. The number of aldehydes is 1. The highest BCUT2D eigenvalue weighted by Gasteiger charge is 2.06. The lowest BCUT2D eigenvalue weighted by molar-refractivity contribution is 0.112. The van der Waals surface area contributed by atoms with Crippen LogP contribution in [0.4, 0.5) is 11.4 Å². The molecule has 0 saturated carbocycles. The van der Waals surface area contributed by atoms with E-state index >= 15 is 0 Å². The van der Waals surface area contributed by atoms with Gasteiger partial charge in [-0.25, -0.2) is 0 Å². The van der Waals surface area contributed by atoms with Crippen molar-refractivity contribution in [2.75, 3.05) is 17.8 Å². The summed E-state index contributed by atoms with van der Waals surface area (Å²) in [5.74, 6) is 5.34. The third kappa shape index (κ3) is 1.62. The van der Waals surface area contributed by atoms with Gasteiger partial charge in [0.05, 0.1) is 11.4 Å². The molecule has 4 heteroatoms. The van der Waals surface area contributed by atoms with E-state index in [1.165, 1.54) is 0 Å². The Morgan fingerprint density at radius 3 is 2.62 bits per heavy atom. The first kappa shape index (κ1) is 9.54. The molecule has 0 radical (unpaired) electrons. The van der Waals surface area contributed by atoms with E-state index in [4.69, 9.17) is 5.84 Å². The van der Waals surface area contributed by atoms with E-state index in [0.717, 1.165) is 23.2 Å². The molecule has 1 rings (SSSR count). The summed E-state index contributed by atoms with van der Waals surface area (Å²) in [6.07, 6.45) is 0.815. The minimum absolute atomic E-state index is 0.645. The van der Waals surface area contributed by atoms with Gasteiger partial charge in [0.1, 0.15) is 6.29 Å². The highest BCUT2D eigenvalue weighted by Crippen LogP contribution is 2.26. The van der Waals surface area contributed by atoms with Crippen LogP contribution in [0.3, 0.4) is 0 Å². The fraction of sp³-hybridized carbons (Fsp3) is 0.222. The summed E-state index contributed by atoms with van der Waals surface area (Å²) in [5.41, 5.74) is 5.70. The van der Waals surface area contributed by atoms with E-state index in [1.54, 1.807) is 13.1 Å². The number of carbonyl (C=O) groups excluding carboxylic acids is 1. The van der Waals surface area contributed by atoms with Gasteiger partial charge >= 0.3 is 0 Å². The van der Waals surface area contributed by atoms with Crippen LogP contribution in [0.15, 0.2) is 12.1 Å². The average Bonchev–Trinajstić information content (AvgIpc) is 2.17. The van der Waals surface area contributed by atoms with Crippen molar-refractivity contribution in [3.05, 3.63) is 23.3 Å². The van der Waals surface area contributed by atoms with Crippen molar-refractivity contribution in [2.24, 2.45) is 5.84 Å². The Labute approximate surface area is 77.1 Å². The second-order valence-corrected chi connectivity index (χ2v) is 2.71. The molecule has 13 heavy (non-hydrogen) atoms. The third-order valence-corrected chi connectivity index (χ3v) is 2.05. The molecule has 0 aliphatic rings. The SMILES string of the molecule is CNc1ccc(C=O)c(C)c1NN. The van der Waals surface area contributed by atoms with E-state index in [0.29, 0.717) is 5.56 Å². The van der Waals surface area contributed by atoms with Gasteiger partial charge in [-0.05, 0) is 24.6 Å². The molecule has 4 N–H and O–H groups in total. The second kappa shape index (κ2) is 3.91. The first-order chi connectivity index (χ1) is 6.24. The van der Waals surface area contributed by atoms with Crippen LogP contribution in [0.5, 0.6) is 0 Å². The minimum Gasteiger partial charge on any atom is -0.386 e. The van der Waals surface area contributed by atoms with Crippen LogP contribution < -0.4 is 16.6 Å². The molecule has 0 atom stereocenters. The van der Waals surface area contributed by atoms with Gasteiger partial charge in [0.25, 0.3) is 0 Å². The fourth-order valence-corrected chi connectivity index (χ4v) is 1.25. The Kier molecular flexibility index (Phi) is 2.87. The Hall–Kier alpha value is -1.55. The quantitative estimate of drug-likeness (QED) is 0.370. The monoisotopic (exact) mass is 179 g/mol. The molecule has 0 unspecified atom stereocenters. The molecule has 70 valence electrons. The predicted octanol–water partition coefficient (Wildman–Crippen LogP) is 1.13. The highest BCUT2D eigenvalue weighted by molar-refractivity contribution is 5.85. The molecule has 1 aromatic carbocycles. The first-order valence-corrected chi connectivity index (χ1v) is 3.97. The number of hydrazine groups is 1. The molecule has 4 nitrogen and oxygen atoms in total. The Morgan fingerprint density at radius 2 is 2.15 bits per heavy atom. The first-order valence-electron chi connectivity index (χ1n) is 3.97. The lowest BCUT2D eigenvalue weighted by atomic mass is 10.1. The fourth-order valence-electron chi connectivity index (χ4n) is 1.25. The predicted molar refractivity (Wildman–Crippen MR) is 53.9 cm³/mol. The van der Waals surface area contributed by atoms with Gasteiger partial charge in [0, 0.05) is 12.6 Å². The number of nitrogens with one attached hydrogen (secondary N) is 2. The van der Waals surface area contributed by atoms with Gasteiger partial charge in [-0.15, -0.1) is 0 Å². The summed E-state index contributed by atoms with van der Waals surface area (Å²) in [5, 5.41) is 2.98. The van der Waals surface area contributed by atoms with Gasteiger partial charge < -0.3 is 10.7 Å². The van der Waals surface area contributed by atoms with Crippen LogP contribution in [-0.2, 0) is 0 Å². The average molecular weight is 179 g/mol. The third-order valence-electron chi connectivity index (χ3n) is 2.05. The van der Waals surface area contributed by atoms with Crippen molar-refractivity contribution in [1.29, 1.82) is 0 Å². The number of benzene rings is 1.